The van der Waals surface area contributed by atoms with Gasteiger partial charge in [-0.25, -0.2) is 0 Å². The Bertz CT molecular complexity index is 447. The molecule has 1 fully saturated rings. The maximum absolute atomic E-state index is 11.5. The SMILES string of the molecule is CN1CCCN(c2ccc(N)cc2C(N)=O)CC1. The van der Waals surface area contributed by atoms with Gasteiger partial charge in [-0.3, -0.25) is 4.79 Å². The molecule has 1 aromatic rings. The fourth-order valence-corrected chi connectivity index (χ4v) is 2.31. The number of carbonyl (C=O) groups excluding carboxylic acids is 1. The molecular weight excluding hydrogens is 228 g/mol. The minimum absolute atomic E-state index is 0.421. The largest absolute Gasteiger partial charge is 0.399 e. The van der Waals surface area contributed by atoms with Crippen LogP contribution in [0, 0.1) is 0 Å². The summed E-state index contributed by atoms with van der Waals surface area (Å²) in [6, 6.07) is 5.36. The lowest BCUT2D eigenvalue weighted by Gasteiger charge is -2.24. The number of carbonyl (C=O) groups is 1. The number of benzene rings is 1. The van der Waals surface area contributed by atoms with Crippen LogP contribution in [0.2, 0.25) is 0 Å². The third-order valence-corrected chi connectivity index (χ3v) is 3.35. The van der Waals surface area contributed by atoms with Crippen molar-refractivity contribution >= 4 is 17.3 Å². The van der Waals surface area contributed by atoms with Gasteiger partial charge < -0.3 is 21.3 Å². The van der Waals surface area contributed by atoms with Crippen molar-refractivity contribution in [3.63, 3.8) is 0 Å². The fraction of sp³-hybridized carbons (Fsp3) is 0.462. The van der Waals surface area contributed by atoms with Crippen molar-refractivity contribution in [3.8, 4) is 0 Å². The molecule has 1 saturated heterocycles. The van der Waals surface area contributed by atoms with E-state index in [-0.39, 0.29) is 0 Å². The molecule has 0 aliphatic carbocycles. The minimum Gasteiger partial charge on any atom is -0.399 e. The highest BCUT2D eigenvalue weighted by atomic mass is 16.1. The zero-order valence-electron chi connectivity index (χ0n) is 10.7. The molecule has 1 aliphatic heterocycles. The summed E-state index contributed by atoms with van der Waals surface area (Å²) in [7, 11) is 2.11. The number of anilines is 2. The van der Waals surface area contributed by atoms with Gasteiger partial charge in [0.25, 0.3) is 5.91 Å². The van der Waals surface area contributed by atoms with E-state index in [2.05, 4.69) is 16.8 Å². The number of nitrogen functional groups attached to an aromatic ring is 1. The number of amides is 1. The van der Waals surface area contributed by atoms with Crippen LogP contribution < -0.4 is 16.4 Å². The van der Waals surface area contributed by atoms with Gasteiger partial charge in [-0.05, 0) is 38.2 Å². The van der Waals surface area contributed by atoms with E-state index in [0.717, 1.165) is 38.3 Å². The summed E-state index contributed by atoms with van der Waals surface area (Å²) in [4.78, 5) is 16.0. The molecule has 1 amide bonds. The summed E-state index contributed by atoms with van der Waals surface area (Å²) in [6.07, 6.45) is 1.08. The molecule has 2 rings (SSSR count). The molecule has 98 valence electrons. The van der Waals surface area contributed by atoms with Crippen LogP contribution in [0.25, 0.3) is 0 Å². The topological polar surface area (TPSA) is 75.6 Å². The summed E-state index contributed by atoms with van der Waals surface area (Å²) in [5, 5.41) is 0. The third kappa shape index (κ3) is 2.73. The first kappa shape index (κ1) is 12.7. The lowest BCUT2D eigenvalue weighted by Crippen LogP contribution is -2.30. The number of hydrogen-bond acceptors (Lipinski definition) is 4. The van der Waals surface area contributed by atoms with Gasteiger partial charge in [0.15, 0.2) is 0 Å². The molecule has 0 aromatic heterocycles. The molecule has 5 nitrogen and oxygen atoms in total. The Balaban J connectivity index is 2.29. The highest BCUT2D eigenvalue weighted by Gasteiger charge is 2.17. The van der Waals surface area contributed by atoms with Crippen molar-refractivity contribution in [2.45, 2.75) is 6.42 Å². The van der Waals surface area contributed by atoms with Gasteiger partial charge in [0.05, 0.1) is 5.56 Å². The van der Waals surface area contributed by atoms with Crippen LogP contribution in [0.3, 0.4) is 0 Å². The molecular formula is C13H20N4O. The zero-order valence-corrected chi connectivity index (χ0v) is 10.7. The Hall–Kier alpha value is -1.75. The summed E-state index contributed by atoms with van der Waals surface area (Å²) < 4.78 is 0. The van der Waals surface area contributed by atoms with Crippen LogP contribution in [-0.4, -0.2) is 44.0 Å². The predicted octanol–water partition coefficient (Wildman–Crippen LogP) is 0.510. The van der Waals surface area contributed by atoms with Crippen molar-refractivity contribution in [1.82, 2.24) is 4.90 Å². The predicted molar refractivity (Wildman–Crippen MR) is 73.7 cm³/mol. The summed E-state index contributed by atoms with van der Waals surface area (Å²) in [5.41, 5.74) is 13.1. The standard InChI is InChI=1S/C13H20N4O/c1-16-5-2-6-17(8-7-16)12-4-3-10(14)9-11(12)13(15)18/h3-4,9H,2,5-8,14H2,1H3,(H2,15,18). The van der Waals surface area contributed by atoms with Crippen molar-refractivity contribution in [3.05, 3.63) is 23.8 Å². The van der Waals surface area contributed by atoms with Gasteiger partial charge in [0, 0.05) is 31.0 Å². The lowest BCUT2D eigenvalue weighted by atomic mass is 10.1. The zero-order chi connectivity index (χ0) is 13.1. The lowest BCUT2D eigenvalue weighted by molar-refractivity contribution is 0.100. The molecule has 0 unspecified atom stereocenters. The first-order chi connectivity index (χ1) is 8.58. The highest BCUT2D eigenvalue weighted by Crippen LogP contribution is 2.24. The van der Waals surface area contributed by atoms with Gasteiger partial charge in [-0.2, -0.15) is 0 Å². The number of likely N-dealkylation sites (N-methyl/N-ethyl adjacent to an activating group) is 1. The monoisotopic (exact) mass is 248 g/mol. The Kier molecular flexibility index (Phi) is 3.72. The molecule has 1 aromatic carbocycles. The maximum Gasteiger partial charge on any atom is 0.250 e. The van der Waals surface area contributed by atoms with Crippen LogP contribution in [0.1, 0.15) is 16.8 Å². The van der Waals surface area contributed by atoms with E-state index >= 15 is 0 Å². The number of hydrogen-bond donors (Lipinski definition) is 2. The van der Waals surface area contributed by atoms with Crippen molar-refractivity contribution < 1.29 is 4.79 Å². The van der Waals surface area contributed by atoms with Crippen LogP contribution in [0.5, 0.6) is 0 Å². The van der Waals surface area contributed by atoms with Crippen molar-refractivity contribution in [1.29, 1.82) is 0 Å². The number of rotatable bonds is 2. The molecule has 0 spiro atoms. The van der Waals surface area contributed by atoms with E-state index in [9.17, 15) is 4.79 Å². The van der Waals surface area contributed by atoms with Gasteiger partial charge in [-0.15, -0.1) is 0 Å². The first-order valence-electron chi connectivity index (χ1n) is 6.21. The molecule has 1 heterocycles. The third-order valence-electron chi connectivity index (χ3n) is 3.35. The van der Waals surface area contributed by atoms with E-state index in [4.69, 9.17) is 11.5 Å². The number of nitrogens with zero attached hydrogens (tertiary/aromatic N) is 2. The van der Waals surface area contributed by atoms with Gasteiger partial charge in [-0.1, -0.05) is 0 Å². The molecule has 1 aliphatic rings. The Morgan fingerprint density at radius 3 is 2.72 bits per heavy atom. The fourth-order valence-electron chi connectivity index (χ4n) is 2.31. The van der Waals surface area contributed by atoms with Crippen LogP contribution in [0.15, 0.2) is 18.2 Å². The highest BCUT2D eigenvalue weighted by molar-refractivity contribution is 5.99. The smallest absolute Gasteiger partial charge is 0.250 e. The van der Waals surface area contributed by atoms with E-state index in [1.54, 1.807) is 6.07 Å². The Morgan fingerprint density at radius 1 is 1.22 bits per heavy atom. The quantitative estimate of drug-likeness (QED) is 0.748. The summed E-state index contributed by atoms with van der Waals surface area (Å²) in [6.45, 7) is 3.91. The van der Waals surface area contributed by atoms with Crippen molar-refractivity contribution in [2.24, 2.45) is 5.73 Å². The summed E-state index contributed by atoms with van der Waals surface area (Å²) in [5.74, 6) is -0.421. The Labute approximate surface area is 107 Å². The molecule has 18 heavy (non-hydrogen) atoms. The van der Waals surface area contributed by atoms with E-state index in [0.29, 0.717) is 11.3 Å². The molecule has 0 bridgehead atoms. The van der Waals surface area contributed by atoms with E-state index in [1.165, 1.54) is 0 Å². The second kappa shape index (κ2) is 5.27. The summed E-state index contributed by atoms with van der Waals surface area (Å²) >= 11 is 0. The average molecular weight is 248 g/mol. The van der Waals surface area contributed by atoms with Crippen molar-refractivity contribution in [2.75, 3.05) is 43.9 Å². The van der Waals surface area contributed by atoms with Gasteiger partial charge >= 0.3 is 0 Å². The van der Waals surface area contributed by atoms with Gasteiger partial charge in [0.2, 0.25) is 0 Å². The molecule has 4 N–H and O–H groups in total. The number of nitrogens with two attached hydrogens (primary N) is 2. The maximum atomic E-state index is 11.5. The second-order valence-corrected chi connectivity index (χ2v) is 4.78. The molecule has 0 radical (unpaired) electrons. The minimum atomic E-state index is -0.421. The van der Waals surface area contributed by atoms with Crippen LogP contribution in [0.4, 0.5) is 11.4 Å². The number of primary amides is 1. The first-order valence-corrected chi connectivity index (χ1v) is 6.21. The van der Waals surface area contributed by atoms with E-state index < -0.39 is 5.91 Å². The molecule has 0 atom stereocenters. The molecule has 5 heteroatoms. The Morgan fingerprint density at radius 2 is 2.00 bits per heavy atom. The normalized spacial score (nSPS) is 17.5. The van der Waals surface area contributed by atoms with Gasteiger partial charge in [0.1, 0.15) is 0 Å². The van der Waals surface area contributed by atoms with E-state index in [1.807, 2.05) is 12.1 Å². The average Bonchev–Trinajstić information content (AvgIpc) is 2.54. The van der Waals surface area contributed by atoms with Crippen LogP contribution >= 0.6 is 0 Å². The van der Waals surface area contributed by atoms with Crippen LogP contribution in [-0.2, 0) is 0 Å². The second-order valence-electron chi connectivity index (χ2n) is 4.78. The molecule has 0 saturated carbocycles.